The van der Waals surface area contributed by atoms with Gasteiger partial charge in [0.2, 0.25) is 0 Å². The van der Waals surface area contributed by atoms with E-state index in [1.807, 2.05) is 6.20 Å². The Hall–Kier alpha value is -1.99. The van der Waals surface area contributed by atoms with Crippen LogP contribution in [0.1, 0.15) is 53.9 Å². The van der Waals surface area contributed by atoms with Crippen LogP contribution in [0.5, 0.6) is 0 Å². The zero-order valence-electron chi connectivity index (χ0n) is 15.6. The lowest BCUT2D eigenvalue weighted by molar-refractivity contribution is 0.177. The zero-order chi connectivity index (χ0) is 17.9. The number of ether oxygens (including phenoxy) is 2. The summed E-state index contributed by atoms with van der Waals surface area (Å²) >= 11 is 0. The van der Waals surface area contributed by atoms with Gasteiger partial charge in [-0.3, -0.25) is 5.10 Å². The lowest BCUT2D eigenvalue weighted by Gasteiger charge is -2.33. The largest absolute Gasteiger partial charge is 0.381 e. The van der Waals surface area contributed by atoms with Crippen molar-refractivity contribution in [3.05, 3.63) is 35.0 Å². The van der Waals surface area contributed by atoms with Crippen molar-refractivity contribution < 1.29 is 9.47 Å². The van der Waals surface area contributed by atoms with Crippen LogP contribution in [0.3, 0.4) is 0 Å². The van der Waals surface area contributed by atoms with Crippen LogP contribution < -0.4 is 4.90 Å². The Labute approximate surface area is 154 Å². The fourth-order valence-electron chi connectivity index (χ4n) is 4.00. The van der Waals surface area contributed by atoms with Gasteiger partial charge >= 0.3 is 0 Å². The van der Waals surface area contributed by atoms with Crippen molar-refractivity contribution in [2.24, 2.45) is 0 Å². The van der Waals surface area contributed by atoms with Crippen LogP contribution in [0.15, 0.2) is 12.3 Å². The molecule has 1 N–H and O–H groups in total. The Kier molecular flexibility index (Phi) is 5.17. The molecule has 2 fully saturated rings. The van der Waals surface area contributed by atoms with Gasteiger partial charge in [0, 0.05) is 50.4 Å². The topological polar surface area (TPSA) is 76.2 Å². The van der Waals surface area contributed by atoms with Crippen LogP contribution in [0.2, 0.25) is 0 Å². The molecule has 1 atom stereocenters. The molecule has 2 aliphatic heterocycles. The highest BCUT2D eigenvalue weighted by atomic mass is 16.5. The van der Waals surface area contributed by atoms with E-state index in [4.69, 9.17) is 19.4 Å². The quantitative estimate of drug-likeness (QED) is 0.886. The van der Waals surface area contributed by atoms with E-state index in [9.17, 15) is 0 Å². The number of anilines is 1. The molecule has 2 aliphatic rings. The third-order valence-corrected chi connectivity index (χ3v) is 5.50. The van der Waals surface area contributed by atoms with Gasteiger partial charge in [-0.1, -0.05) is 0 Å². The van der Waals surface area contributed by atoms with Gasteiger partial charge in [0.25, 0.3) is 0 Å². The molecule has 2 aromatic rings. The van der Waals surface area contributed by atoms with Gasteiger partial charge in [0.1, 0.15) is 12.4 Å². The van der Waals surface area contributed by atoms with Gasteiger partial charge < -0.3 is 14.4 Å². The van der Waals surface area contributed by atoms with Gasteiger partial charge in [0.05, 0.1) is 18.5 Å². The monoisotopic (exact) mass is 357 g/mol. The second-order valence-corrected chi connectivity index (χ2v) is 7.29. The molecule has 4 heterocycles. The predicted molar refractivity (Wildman–Crippen MR) is 98.4 cm³/mol. The first kappa shape index (κ1) is 17.4. The number of piperidine rings is 1. The highest BCUT2D eigenvalue weighted by molar-refractivity contribution is 5.42. The maximum absolute atomic E-state index is 5.55. The van der Waals surface area contributed by atoms with E-state index in [1.165, 1.54) is 11.3 Å². The second-order valence-electron chi connectivity index (χ2n) is 7.29. The third-order valence-electron chi connectivity index (χ3n) is 5.50. The normalized spacial score (nSPS) is 21.5. The molecule has 4 rings (SSSR count). The zero-order valence-corrected chi connectivity index (χ0v) is 15.6. The lowest BCUT2D eigenvalue weighted by Crippen LogP contribution is -2.34. The molecule has 0 bridgehead atoms. The number of aromatic nitrogens is 4. The molecule has 0 unspecified atom stereocenters. The van der Waals surface area contributed by atoms with Gasteiger partial charge in [0.15, 0.2) is 5.82 Å². The van der Waals surface area contributed by atoms with Crippen molar-refractivity contribution in [3.63, 3.8) is 0 Å². The van der Waals surface area contributed by atoms with E-state index < -0.39 is 0 Å². The Morgan fingerprint density at radius 1 is 1.23 bits per heavy atom. The van der Waals surface area contributed by atoms with Crippen LogP contribution >= 0.6 is 0 Å². The first-order valence-electron chi connectivity index (χ1n) is 9.44. The molecule has 26 heavy (non-hydrogen) atoms. The molecule has 0 saturated carbocycles. The summed E-state index contributed by atoms with van der Waals surface area (Å²) in [5.41, 5.74) is 3.64. The van der Waals surface area contributed by atoms with E-state index >= 15 is 0 Å². The summed E-state index contributed by atoms with van der Waals surface area (Å²) in [6, 6.07) is 2.15. The van der Waals surface area contributed by atoms with Gasteiger partial charge in [-0.05, 0) is 31.7 Å². The summed E-state index contributed by atoms with van der Waals surface area (Å²) in [7, 11) is 1.69. The first-order chi connectivity index (χ1) is 12.7. The SMILES string of the molecule is COCc1nc([C@@H]2CCOC2)cc(N2CCC(c3[nH]ncc3C)CC2)n1. The Bertz CT molecular complexity index is 733. The number of H-pyrrole nitrogens is 1. The summed E-state index contributed by atoms with van der Waals surface area (Å²) < 4.78 is 10.8. The molecule has 2 saturated heterocycles. The molecule has 7 nitrogen and oxygen atoms in total. The maximum atomic E-state index is 5.55. The van der Waals surface area contributed by atoms with Crippen molar-refractivity contribution >= 4 is 5.82 Å². The minimum atomic E-state index is 0.373. The highest BCUT2D eigenvalue weighted by Crippen LogP contribution is 2.32. The number of methoxy groups -OCH3 is 1. The first-order valence-corrected chi connectivity index (χ1v) is 9.44. The molecule has 0 radical (unpaired) electrons. The second kappa shape index (κ2) is 7.72. The molecule has 2 aromatic heterocycles. The van der Waals surface area contributed by atoms with Crippen LogP contribution in [0.25, 0.3) is 0 Å². The van der Waals surface area contributed by atoms with Crippen LogP contribution in [-0.2, 0) is 16.1 Å². The van der Waals surface area contributed by atoms with Gasteiger partial charge in [-0.2, -0.15) is 5.10 Å². The van der Waals surface area contributed by atoms with Crippen molar-refractivity contribution in [3.8, 4) is 0 Å². The smallest absolute Gasteiger partial charge is 0.156 e. The van der Waals surface area contributed by atoms with Crippen molar-refractivity contribution in [2.45, 2.75) is 44.6 Å². The van der Waals surface area contributed by atoms with Crippen molar-refractivity contribution in [1.82, 2.24) is 20.2 Å². The Balaban J connectivity index is 1.51. The summed E-state index contributed by atoms with van der Waals surface area (Å²) in [6.45, 7) is 6.13. The van der Waals surface area contributed by atoms with Crippen LogP contribution in [0.4, 0.5) is 5.82 Å². The van der Waals surface area contributed by atoms with Crippen molar-refractivity contribution in [1.29, 1.82) is 0 Å². The number of hydrogen-bond acceptors (Lipinski definition) is 6. The number of hydrogen-bond donors (Lipinski definition) is 1. The van der Waals surface area contributed by atoms with Gasteiger partial charge in [-0.15, -0.1) is 0 Å². The summed E-state index contributed by atoms with van der Waals surface area (Å²) in [4.78, 5) is 11.8. The fourth-order valence-corrected chi connectivity index (χ4v) is 4.00. The maximum Gasteiger partial charge on any atom is 0.156 e. The molecule has 140 valence electrons. The summed E-state index contributed by atoms with van der Waals surface area (Å²) in [5, 5.41) is 7.35. The summed E-state index contributed by atoms with van der Waals surface area (Å²) in [6.07, 6.45) is 5.16. The third kappa shape index (κ3) is 3.59. The highest BCUT2D eigenvalue weighted by Gasteiger charge is 2.26. The number of aryl methyl sites for hydroxylation is 1. The minimum absolute atomic E-state index is 0.373. The molecule has 0 amide bonds. The molecular weight excluding hydrogens is 330 g/mol. The molecule has 0 aliphatic carbocycles. The average molecular weight is 357 g/mol. The van der Waals surface area contributed by atoms with Crippen LogP contribution in [0, 0.1) is 6.92 Å². The summed E-state index contributed by atoms with van der Waals surface area (Å²) in [5.74, 6) is 2.71. The van der Waals surface area contributed by atoms with E-state index in [0.29, 0.717) is 18.4 Å². The molecule has 7 heteroatoms. The van der Waals surface area contributed by atoms with Gasteiger partial charge in [-0.25, -0.2) is 9.97 Å². The van der Waals surface area contributed by atoms with Crippen LogP contribution in [-0.4, -0.2) is 53.6 Å². The van der Waals surface area contributed by atoms with E-state index in [0.717, 1.165) is 62.9 Å². The standard InChI is InChI=1S/C19H27N5O2/c1-13-10-20-23-19(13)14-3-6-24(7-4-14)18-9-16(15-5-8-26-11-15)21-17(22-18)12-25-2/h9-10,14-15H,3-8,11-12H2,1-2H3,(H,20,23)/t15-/m1/s1. The molecule has 0 aromatic carbocycles. The van der Waals surface area contributed by atoms with E-state index in [2.05, 4.69) is 28.1 Å². The number of rotatable bonds is 5. The lowest BCUT2D eigenvalue weighted by atomic mass is 9.91. The average Bonchev–Trinajstić information content (AvgIpc) is 3.34. The Morgan fingerprint density at radius 2 is 2.08 bits per heavy atom. The predicted octanol–water partition coefficient (Wildman–Crippen LogP) is 2.54. The van der Waals surface area contributed by atoms with E-state index in [-0.39, 0.29) is 0 Å². The number of aromatic amines is 1. The Morgan fingerprint density at radius 3 is 2.73 bits per heavy atom. The fraction of sp³-hybridized carbons (Fsp3) is 0.632. The number of nitrogens with zero attached hydrogens (tertiary/aromatic N) is 4. The molecular formula is C19H27N5O2. The number of nitrogens with one attached hydrogen (secondary N) is 1. The minimum Gasteiger partial charge on any atom is -0.381 e. The molecule has 0 spiro atoms. The van der Waals surface area contributed by atoms with Crippen molar-refractivity contribution in [2.75, 3.05) is 38.3 Å². The van der Waals surface area contributed by atoms with E-state index in [1.54, 1.807) is 7.11 Å².